The summed E-state index contributed by atoms with van der Waals surface area (Å²) < 4.78 is 1.77. The second-order valence-electron chi connectivity index (χ2n) is 4.03. The van der Waals surface area contributed by atoms with Gasteiger partial charge in [0.1, 0.15) is 0 Å². The molecule has 0 aliphatic rings. The Kier molecular flexibility index (Phi) is 6.07. The third-order valence-corrected chi connectivity index (χ3v) is 2.43. The molecule has 0 unspecified atom stereocenters. The van der Waals surface area contributed by atoms with Crippen LogP contribution in [0.2, 0.25) is 0 Å². The Labute approximate surface area is 97.1 Å². The lowest BCUT2D eigenvalue weighted by Crippen LogP contribution is -2.22. The second-order valence-corrected chi connectivity index (χ2v) is 4.03. The molecule has 0 aromatic carbocycles. The Hall–Kier alpha value is -0.910. The molecule has 16 heavy (non-hydrogen) atoms. The summed E-state index contributed by atoms with van der Waals surface area (Å²) in [5, 5.41) is 16.1. The van der Waals surface area contributed by atoms with E-state index in [1.807, 2.05) is 19.4 Å². The van der Waals surface area contributed by atoms with E-state index in [2.05, 4.69) is 22.4 Å². The molecule has 5 nitrogen and oxygen atoms in total. The van der Waals surface area contributed by atoms with E-state index in [9.17, 15) is 0 Å². The summed E-state index contributed by atoms with van der Waals surface area (Å²) in [7, 11) is 4.08. The molecule has 1 aromatic heterocycles. The smallest absolute Gasteiger partial charge is 0.0640 e. The SMILES string of the molecule is CNCCCN(C)Cc1cnn(CCO)c1. The molecule has 0 atom stereocenters. The summed E-state index contributed by atoms with van der Waals surface area (Å²) >= 11 is 0. The van der Waals surface area contributed by atoms with Gasteiger partial charge in [-0.1, -0.05) is 0 Å². The molecule has 5 heteroatoms. The van der Waals surface area contributed by atoms with E-state index in [0.29, 0.717) is 6.54 Å². The maximum absolute atomic E-state index is 8.78. The summed E-state index contributed by atoms with van der Waals surface area (Å²) in [5.74, 6) is 0. The van der Waals surface area contributed by atoms with Gasteiger partial charge >= 0.3 is 0 Å². The fourth-order valence-corrected chi connectivity index (χ4v) is 1.63. The van der Waals surface area contributed by atoms with Crippen LogP contribution in [0.5, 0.6) is 0 Å². The molecule has 0 spiro atoms. The number of aliphatic hydroxyl groups excluding tert-OH is 1. The number of aliphatic hydroxyl groups is 1. The van der Waals surface area contributed by atoms with Gasteiger partial charge in [0.15, 0.2) is 0 Å². The predicted molar refractivity (Wildman–Crippen MR) is 64.2 cm³/mol. The van der Waals surface area contributed by atoms with Crippen LogP contribution in [0.4, 0.5) is 0 Å². The minimum absolute atomic E-state index is 0.138. The summed E-state index contributed by atoms with van der Waals surface area (Å²) in [5.41, 5.74) is 1.19. The van der Waals surface area contributed by atoms with E-state index < -0.39 is 0 Å². The van der Waals surface area contributed by atoms with Crippen molar-refractivity contribution in [2.24, 2.45) is 0 Å². The minimum Gasteiger partial charge on any atom is -0.394 e. The standard InChI is InChI=1S/C11H22N4O/c1-12-4-3-5-14(2)9-11-8-13-15(10-11)6-7-16/h8,10,12,16H,3-7,9H2,1-2H3. The molecule has 0 fully saturated rings. The minimum atomic E-state index is 0.138. The highest BCUT2D eigenvalue weighted by molar-refractivity contribution is 5.03. The lowest BCUT2D eigenvalue weighted by molar-refractivity contribution is 0.269. The van der Waals surface area contributed by atoms with Crippen LogP contribution < -0.4 is 5.32 Å². The van der Waals surface area contributed by atoms with Gasteiger partial charge < -0.3 is 15.3 Å². The van der Waals surface area contributed by atoms with Crippen LogP contribution >= 0.6 is 0 Å². The van der Waals surface area contributed by atoms with Crippen molar-refractivity contribution in [3.05, 3.63) is 18.0 Å². The summed E-state index contributed by atoms with van der Waals surface area (Å²) in [4.78, 5) is 2.28. The van der Waals surface area contributed by atoms with Gasteiger partial charge in [0, 0.05) is 18.3 Å². The van der Waals surface area contributed by atoms with Crippen LogP contribution in [0, 0.1) is 0 Å². The van der Waals surface area contributed by atoms with Gasteiger partial charge in [0.2, 0.25) is 0 Å². The molecule has 1 heterocycles. The van der Waals surface area contributed by atoms with E-state index in [-0.39, 0.29) is 6.61 Å². The molecule has 0 amide bonds. The highest BCUT2D eigenvalue weighted by Crippen LogP contribution is 2.02. The van der Waals surface area contributed by atoms with Crippen LogP contribution in [0.1, 0.15) is 12.0 Å². The van der Waals surface area contributed by atoms with Gasteiger partial charge in [0.05, 0.1) is 19.3 Å². The normalized spacial score (nSPS) is 11.2. The first-order valence-corrected chi connectivity index (χ1v) is 5.71. The summed E-state index contributed by atoms with van der Waals surface area (Å²) in [6.07, 6.45) is 5.01. The fourth-order valence-electron chi connectivity index (χ4n) is 1.63. The topological polar surface area (TPSA) is 53.3 Å². The molecule has 0 saturated heterocycles. The number of nitrogens with zero attached hydrogens (tertiary/aromatic N) is 3. The van der Waals surface area contributed by atoms with Crippen molar-refractivity contribution < 1.29 is 5.11 Å². The molecule has 0 aliphatic heterocycles. The van der Waals surface area contributed by atoms with E-state index in [1.165, 1.54) is 5.56 Å². The van der Waals surface area contributed by atoms with Crippen molar-refractivity contribution in [1.82, 2.24) is 20.0 Å². The first-order chi connectivity index (χ1) is 7.76. The first-order valence-electron chi connectivity index (χ1n) is 5.71. The average Bonchev–Trinajstić information content (AvgIpc) is 2.66. The molecule has 0 aliphatic carbocycles. The highest BCUT2D eigenvalue weighted by Gasteiger charge is 2.02. The van der Waals surface area contributed by atoms with Gasteiger partial charge in [-0.2, -0.15) is 5.10 Å². The average molecular weight is 226 g/mol. The maximum Gasteiger partial charge on any atom is 0.0640 e. The van der Waals surface area contributed by atoms with Crippen LogP contribution in [0.15, 0.2) is 12.4 Å². The maximum atomic E-state index is 8.78. The lowest BCUT2D eigenvalue weighted by Gasteiger charge is -2.14. The molecule has 1 aromatic rings. The van der Waals surface area contributed by atoms with Gasteiger partial charge in [0.25, 0.3) is 0 Å². The number of nitrogens with one attached hydrogen (secondary N) is 1. The molecule has 0 radical (unpaired) electrons. The Morgan fingerprint density at radius 2 is 2.38 bits per heavy atom. The molecule has 0 bridgehead atoms. The fraction of sp³-hybridized carbons (Fsp3) is 0.727. The molecule has 2 N–H and O–H groups in total. The third-order valence-electron chi connectivity index (χ3n) is 2.43. The number of rotatable bonds is 8. The molecule has 1 rings (SSSR count). The van der Waals surface area contributed by atoms with Crippen LogP contribution in [0.3, 0.4) is 0 Å². The number of aromatic nitrogens is 2. The largest absolute Gasteiger partial charge is 0.394 e. The van der Waals surface area contributed by atoms with Crippen LogP contribution in [-0.2, 0) is 13.1 Å². The van der Waals surface area contributed by atoms with Crippen molar-refractivity contribution in [3.63, 3.8) is 0 Å². The third kappa shape index (κ3) is 4.74. The Morgan fingerprint density at radius 1 is 1.56 bits per heavy atom. The van der Waals surface area contributed by atoms with Gasteiger partial charge in [-0.15, -0.1) is 0 Å². The van der Waals surface area contributed by atoms with E-state index >= 15 is 0 Å². The Bertz CT molecular complexity index is 287. The van der Waals surface area contributed by atoms with Gasteiger partial charge in [-0.05, 0) is 33.6 Å². The Morgan fingerprint density at radius 3 is 3.06 bits per heavy atom. The van der Waals surface area contributed by atoms with Crippen molar-refractivity contribution in [1.29, 1.82) is 0 Å². The van der Waals surface area contributed by atoms with E-state index in [4.69, 9.17) is 5.11 Å². The van der Waals surface area contributed by atoms with Crippen LogP contribution in [0.25, 0.3) is 0 Å². The monoisotopic (exact) mass is 226 g/mol. The quantitative estimate of drug-likeness (QED) is 0.609. The van der Waals surface area contributed by atoms with Gasteiger partial charge in [-0.25, -0.2) is 0 Å². The molecule has 92 valence electrons. The van der Waals surface area contributed by atoms with Crippen molar-refractivity contribution in [2.45, 2.75) is 19.5 Å². The first kappa shape index (κ1) is 13.2. The zero-order chi connectivity index (χ0) is 11.8. The Balaban J connectivity index is 2.28. The molecule has 0 saturated carbocycles. The van der Waals surface area contributed by atoms with E-state index in [1.54, 1.807) is 4.68 Å². The predicted octanol–water partition coefficient (Wildman–Crippen LogP) is -0.0833. The zero-order valence-electron chi connectivity index (χ0n) is 10.2. The summed E-state index contributed by atoms with van der Waals surface area (Å²) in [6.45, 7) is 3.75. The van der Waals surface area contributed by atoms with Gasteiger partial charge in [-0.3, -0.25) is 4.68 Å². The molecular formula is C11H22N4O. The number of hydrogen-bond acceptors (Lipinski definition) is 4. The highest BCUT2D eigenvalue weighted by atomic mass is 16.3. The zero-order valence-corrected chi connectivity index (χ0v) is 10.2. The van der Waals surface area contributed by atoms with Crippen molar-refractivity contribution in [3.8, 4) is 0 Å². The van der Waals surface area contributed by atoms with Crippen LogP contribution in [-0.4, -0.2) is 53.6 Å². The van der Waals surface area contributed by atoms with E-state index in [0.717, 1.165) is 26.1 Å². The molecular weight excluding hydrogens is 204 g/mol. The van der Waals surface area contributed by atoms with Crippen molar-refractivity contribution >= 4 is 0 Å². The second kappa shape index (κ2) is 7.38. The number of hydrogen-bond donors (Lipinski definition) is 2. The van der Waals surface area contributed by atoms with Crippen molar-refractivity contribution in [2.75, 3.05) is 33.8 Å². The summed E-state index contributed by atoms with van der Waals surface area (Å²) in [6, 6.07) is 0. The lowest BCUT2D eigenvalue weighted by atomic mass is 10.3.